The SMILES string of the molecule is C=C(C)[C@@H]1CC[C@]2(C)[C@H](CCC3=CC(=O)C[C@]32C)[C@@]1(C)CCC(=O)O. The Labute approximate surface area is 151 Å². The molecule has 0 aromatic rings. The molecule has 0 aromatic heterocycles. The van der Waals surface area contributed by atoms with Crippen LogP contribution in [0.2, 0.25) is 0 Å². The van der Waals surface area contributed by atoms with Crippen molar-refractivity contribution in [3.05, 3.63) is 23.8 Å². The summed E-state index contributed by atoms with van der Waals surface area (Å²) >= 11 is 0. The van der Waals surface area contributed by atoms with E-state index in [0.717, 1.165) is 25.7 Å². The summed E-state index contributed by atoms with van der Waals surface area (Å²) < 4.78 is 0. The molecule has 138 valence electrons. The molecule has 0 radical (unpaired) electrons. The van der Waals surface area contributed by atoms with E-state index in [-0.39, 0.29) is 28.4 Å². The number of hydrogen-bond acceptors (Lipinski definition) is 2. The number of fused-ring (bicyclic) bond motifs is 3. The lowest BCUT2D eigenvalue weighted by atomic mass is 9.39. The Bertz CT molecular complexity index is 660. The third kappa shape index (κ3) is 2.53. The van der Waals surface area contributed by atoms with E-state index in [1.807, 2.05) is 6.08 Å². The van der Waals surface area contributed by atoms with Crippen LogP contribution in [0.15, 0.2) is 23.8 Å². The second-order valence-electron chi connectivity index (χ2n) is 9.49. The first-order chi connectivity index (χ1) is 11.5. The topological polar surface area (TPSA) is 54.4 Å². The van der Waals surface area contributed by atoms with Crippen LogP contribution in [0, 0.1) is 28.1 Å². The second-order valence-corrected chi connectivity index (χ2v) is 9.49. The van der Waals surface area contributed by atoms with Gasteiger partial charge in [0.05, 0.1) is 0 Å². The van der Waals surface area contributed by atoms with E-state index in [0.29, 0.717) is 24.7 Å². The fraction of sp³-hybridized carbons (Fsp3) is 0.727. The molecule has 3 nitrogen and oxygen atoms in total. The number of carbonyl (C=O) groups excluding carboxylic acids is 1. The van der Waals surface area contributed by atoms with Gasteiger partial charge in [-0.15, -0.1) is 0 Å². The average molecular weight is 344 g/mol. The van der Waals surface area contributed by atoms with Gasteiger partial charge in [0, 0.05) is 18.3 Å². The van der Waals surface area contributed by atoms with Crippen LogP contribution in [0.1, 0.15) is 72.6 Å². The molecule has 3 heteroatoms. The molecular weight excluding hydrogens is 312 g/mol. The summed E-state index contributed by atoms with van der Waals surface area (Å²) in [7, 11) is 0. The van der Waals surface area contributed by atoms with Gasteiger partial charge >= 0.3 is 5.97 Å². The van der Waals surface area contributed by atoms with Crippen molar-refractivity contribution < 1.29 is 14.7 Å². The Morgan fingerprint density at radius 2 is 2.00 bits per heavy atom. The van der Waals surface area contributed by atoms with E-state index < -0.39 is 5.97 Å². The van der Waals surface area contributed by atoms with Crippen LogP contribution in [0.25, 0.3) is 0 Å². The smallest absolute Gasteiger partial charge is 0.303 e. The van der Waals surface area contributed by atoms with Gasteiger partial charge in [-0.05, 0) is 67.8 Å². The van der Waals surface area contributed by atoms with E-state index in [9.17, 15) is 14.7 Å². The van der Waals surface area contributed by atoms with Gasteiger partial charge in [0.2, 0.25) is 0 Å². The Morgan fingerprint density at radius 1 is 1.32 bits per heavy atom. The Balaban J connectivity index is 2.04. The molecule has 2 fully saturated rings. The van der Waals surface area contributed by atoms with Crippen LogP contribution in [0.5, 0.6) is 0 Å². The minimum atomic E-state index is -0.715. The van der Waals surface area contributed by atoms with Crippen LogP contribution in [-0.4, -0.2) is 16.9 Å². The number of carboxylic acid groups (broad SMARTS) is 1. The highest BCUT2D eigenvalue weighted by molar-refractivity contribution is 5.94. The number of carbonyl (C=O) groups is 2. The number of ketones is 1. The highest BCUT2D eigenvalue weighted by atomic mass is 16.4. The molecule has 1 N–H and O–H groups in total. The zero-order valence-corrected chi connectivity index (χ0v) is 16.2. The zero-order valence-electron chi connectivity index (χ0n) is 16.2. The van der Waals surface area contributed by atoms with Gasteiger partial charge in [-0.3, -0.25) is 9.59 Å². The summed E-state index contributed by atoms with van der Waals surface area (Å²) in [6.07, 6.45) is 7.63. The van der Waals surface area contributed by atoms with Crippen molar-refractivity contribution in [2.75, 3.05) is 0 Å². The molecule has 0 bridgehead atoms. The molecule has 0 spiro atoms. The fourth-order valence-corrected chi connectivity index (χ4v) is 6.84. The van der Waals surface area contributed by atoms with E-state index in [4.69, 9.17) is 0 Å². The quantitative estimate of drug-likeness (QED) is 0.716. The Hall–Kier alpha value is -1.38. The maximum absolute atomic E-state index is 12.2. The number of rotatable bonds is 4. The lowest BCUT2D eigenvalue weighted by Crippen LogP contribution is -2.57. The predicted molar refractivity (Wildman–Crippen MR) is 99.2 cm³/mol. The second kappa shape index (κ2) is 5.82. The van der Waals surface area contributed by atoms with Crippen LogP contribution in [-0.2, 0) is 9.59 Å². The molecule has 0 amide bonds. The minimum absolute atomic E-state index is 0.0580. The third-order valence-electron chi connectivity index (χ3n) is 8.32. The van der Waals surface area contributed by atoms with Crippen molar-refractivity contribution >= 4 is 11.8 Å². The monoisotopic (exact) mass is 344 g/mol. The molecule has 0 unspecified atom stereocenters. The van der Waals surface area contributed by atoms with Gasteiger partial charge in [0.15, 0.2) is 5.78 Å². The van der Waals surface area contributed by atoms with Crippen LogP contribution < -0.4 is 0 Å². The summed E-state index contributed by atoms with van der Waals surface area (Å²) in [4.78, 5) is 23.5. The van der Waals surface area contributed by atoms with Gasteiger partial charge in [-0.2, -0.15) is 0 Å². The van der Waals surface area contributed by atoms with E-state index in [2.05, 4.69) is 34.3 Å². The summed E-state index contributed by atoms with van der Waals surface area (Å²) in [6, 6.07) is 0. The van der Waals surface area contributed by atoms with Gasteiger partial charge in [0.25, 0.3) is 0 Å². The highest BCUT2D eigenvalue weighted by Crippen LogP contribution is 2.70. The molecular formula is C22H32O3. The van der Waals surface area contributed by atoms with Crippen LogP contribution in [0.4, 0.5) is 0 Å². The summed E-state index contributed by atoms with van der Waals surface area (Å²) in [5.74, 6) is 0.361. The van der Waals surface area contributed by atoms with Crippen molar-refractivity contribution in [2.24, 2.45) is 28.1 Å². The largest absolute Gasteiger partial charge is 0.481 e. The molecule has 3 rings (SSSR count). The molecule has 2 saturated carbocycles. The summed E-state index contributed by atoms with van der Waals surface area (Å²) in [5.41, 5.74) is 2.46. The van der Waals surface area contributed by atoms with Crippen molar-refractivity contribution in [3.8, 4) is 0 Å². The maximum Gasteiger partial charge on any atom is 0.303 e. The van der Waals surface area contributed by atoms with Crippen molar-refractivity contribution in [2.45, 2.75) is 72.6 Å². The van der Waals surface area contributed by atoms with Crippen molar-refractivity contribution in [1.29, 1.82) is 0 Å². The van der Waals surface area contributed by atoms with Crippen molar-refractivity contribution in [1.82, 2.24) is 0 Å². The van der Waals surface area contributed by atoms with Crippen LogP contribution in [0.3, 0.4) is 0 Å². The van der Waals surface area contributed by atoms with Crippen molar-refractivity contribution in [3.63, 3.8) is 0 Å². The molecule has 3 aliphatic rings. The first-order valence-electron chi connectivity index (χ1n) is 9.66. The molecule has 0 aromatic carbocycles. The molecule has 0 heterocycles. The Kier molecular flexibility index (Phi) is 4.29. The number of allylic oxidation sites excluding steroid dienone is 3. The van der Waals surface area contributed by atoms with E-state index in [1.165, 1.54) is 11.1 Å². The predicted octanol–water partition coefficient (Wildman–Crippen LogP) is 5.17. The molecule has 0 aliphatic heterocycles. The third-order valence-corrected chi connectivity index (χ3v) is 8.32. The standard InChI is InChI=1S/C22H32O3/c1-14(2)17-8-11-21(4)18(20(17,3)10-9-19(24)25)7-6-15-12-16(23)13-22(15,21)5/h12,17-18H,1,6-11,13H2,2-5H3,(H,24,25)/t17-,18+,20-,21+,22+/m0/s1. The highest BCUT2D eigenvalue weighted by Gasteiger charge is 2.63. The maximum atomic E-state index is 12.2. The van der Waals surface area contributed by atoms with Gasteiger partial charge in [-0.25, -0.2) is 0 Å². The van der Waals surface area contributed by atoms with Gasteiger partial charge in [-0.1, -0.05) is 38.5 Å². The fourth-order valence-electron chi connectivity index (χ4n) is 6.84. The van der Waals surface area contributed by atoms with Gasteiger partial charge in [0.1, 0.15) is 0 Å². The minimum Gasteiger partial charge on any atom is -0.481 e. The first kappa shape index (κ1) is 18.4. The molecule has 25 heavy (non-hydrogen) atoms. The number of carboxylic acids is 1. The number of aliphatic carboxylic acids is 1. The number of hydrogen-bond donors (Lipinski definition) is 1. The first-order valence-corrected chi connectivity index (χ1v) is 9.66. The van der Waals surface area contributed by atoms with Gasteiger partial charge < -0.3 is 5.11 Å². The van der Waals surface area contributed by atoms with E-state index >= 15 is 0 Å². The van der Waals surface area contributed by atoms with E-state index in [1.54, 1.807) is 0 Å². The lowest BCUT2D eigenvalue weighted by Gasteiger charge is -2.65. The molecule has 3 aliphatic carbocycles. The normalized spacial score (nSPS) is 43.2. The Morgan fingerprint density at radius 3 is 2.60 bits per heavy atom. The summed E-state index contributed by atoms with van der Waals surface area (Å²) in [6.45, 7) is 13.3. The molecule has 0 saturated heterocycles. The zero-order chi connectivity index (χ0) is 18.6. The summed E-state index contributed by atoms with van der Waals surface area (Å²) in [5, 5.41) is 9.30. The average Bonchev–Trinajstić information content (AvgIpc) is 2.80. The van der Waals surface area contributed by atoms with Crippen LogP contribution >= 0.6 is 0 Å². The lowest BCUT2D eigenvalue weighted by molar-refractivity contribution is -0.145. The molecule has 5 atom stereocenters.